The van der Waals surface area contributed by atoms with Gasteiger partial charge in [0, 0.05) is 0 Å². The Labute approximate surface area is 460 Å². The fourth-order valence-corrected chi connectivity index (χ4v) is 11.9. The van der Waals surface area contributed by atoms with Gasteiger partial charge in [0.25, 0.3) is 0 Å². The van der Waals surface area contributed by atoms with Crippen LogP contribution in [0, 0.1) is 0 Å². The van der Waals surface area contributed by atoms with Crippen LogP contribution in [0.5, 0.6) is 0 Å². The molecule has 0 aliphatic carbocycles. The molecule has 0 heteroatoms. The van der Waals surface area contributed by atoms with E-state index in [1.54, 1.807) is 0 Å². The van der Waals surface area contributed by atoms with Crippen LogP contribution in [0.4, 0.5) is 0 Å². The van der Waals surface area contributed by atoms with E-state index in [0.717, 1.165) is 0 Å². The van der Waals surface area contributed by atoms with Gasteiger partial charge in [-0.15, -0.1) is 0 Å². The molecule has 0 aliphatic heterocycles. The molecule has 0 N–H and O–H groups in total. The molecule has 0 aliphatic rings. The lowest BCUT2D eigenvalue weighted by Gasteiger charge is -2.27. The highest BCUT2D eigenvalue weighted by atomic mass is 14.3. The molecule has 0 saturated heterocycles. The number of rotatable bonds is 17. The SMILES string of the molecule is CC(C)c1cccc(C(C)C)c1-c1cccc(-c2c(C(C)C)cccc2C(C)C)c1C=C(C(=Cc1c(-c2c(C(C)C)cccc2C(C)C)cccc1-c1c(C(C)C)cccc1C(C)C)c1ccccc1)c1ccccc1. The maximum absolute atomic E-state index is 2.60. The summed E-state index contributed by atoms with van der Waals surface area (Å²) in [5, 5.41) is 0. The largest absolute Gasteiger partial charge is 0.0622 e. The van der Waals surface area contributed by atoms with Gasteiger partial charge in [-0.05, 0) is 182 Å². The van der Waals surface area contributed by atoms with E-state index < -0.39 is 0 Å². The van der Waals surface area contributed by atoms with Crippen LogP contribution in [0.2, 0.25) is 0 Å². The molecule has 0 amide bonds. The van der Waals surface area contributed by atoms with E-state index >= 15 is 0 Å². The van der Waals surface area contributed by atoms with Crippen molar-refractivity contribution in [1.29, 1.82) is 0 Å². The van der Waals surface area contributed by atoms with Gasteiger partial charge >= 0.3 is 0 Å². The molecule has 0 bridgehead atoms. The number of hydrogen-bond donors (Lipinski definition) is 0. The second-order valence-electron chi connectivity index (χ2n) is 23.9. The predicted molar refractivity (Wildman–Crippen MR) is 336 cm³/mol. The first kappa shape index (κ1) is 55.5. The smallest absolute Gasteiger partial charge is 0.00926 e. The molecule has 0 aromatic heterocycles. The topological polar surface area (TPSA) is 0 Å². The average Bonchev–Trinajstić information content (AvgIpc) is 3.41. The Morgan fingerprint density at radius 2 is 0.408 bits per heavy atom. The summed E-state index contributed by atoms with van der Waals surface area (Å²) in [6.07, 6.45) is 5.21. The summed E-state index contributed by atoms with van der Waals surface area (Å²) in [6.45, 7) is 37.7. The van der Waals surface area contributed by atoms with Gasteiger partial charge in [0.05, 0.1) is 0 Å². The summed E-state index contributed by atoms with van der Waals surface area (Å²) >= 11 is 0. The molecule has 0 atom stereocenters. The summed E-state index contributed by atoms with van der Waals surface area (Å²) in [5.41, 5.74) is 28.8. The first-order valence-corrected chi connectivity index (χ1v) is 28.7. The molecule has 0 fully saturated rings. The van der Waals surface area contributed by atoms with E-state index in [0.29, 0.717) is 47.3 Å². The number of hydrogen-bond acceptors (Lipinski definition) is 0. The van der Waals surface area contributed by atoms with Crippen LogP contribution in [0.15, 0.2) is 170 Å². The van der Waals surface area contributed by atoms with Crippen molar-refractivity contribution in [3.63, 3.8) is 0 Å². The molecule has 0 spiro atoms. The Hall–Kier alpha value is -6.76. The maximum atomic E-state index is 2.60. The Bertz CT molecular complexity index is 2850. The van der Waals surface area contributed by atoms with Crippen molar-refractivity contribution in [2.45, 2.75) is 158 Å². The van der Waals surface area contributed by atoms with Gasteiger partial charge in [-0.3, -0.25) is 0 Å². The van der Waals surface area contributed by atoms with Crippen LogP contribution in [0.25, 0.3) is 67.8 Å². The first-order chi connectivity index (χ1) is 36.4. The van der Waals surface area contributed by atoms with Crippen molar-refractivity contribution in [3.8, 4) is 44.5 Å². The van der Waals surface area contributed by atoms with Crippen LogP contribution in [0.3, 0.4) is 0 Å². The van der Waals surface area contributed by atoms with Gasteiger partial charge in [-0.1, -0.05) is 281 Å². The predicted octanol–water partition coefficient (Wildman–Crippen LogP) is 23.1. The molecule has 0 unspecified atom stereocenters. The molecular formula is C76H86. The van der Waals surface area contributed by atoms with Crippen LogP contribution < -0.4 is 0 Å². The standard InChI is InChI=1S/C76H86/c1-47(2)57-33-23-34-58(48(3)4)73(57)65-41-27-42-66(74-59(49(5)6)35-24-36-60(74)50(7)8)71(65)45-69(55-29-19-17-20-30-55)70(56-31-21-18-22-32-56)46-72-67(75-61(51(9)10)37-25-38-62(75)52(11)12)43-28-44-68(72)76-63(53(13)14)39-26-40-64(76)54(15)16/h17-54H,1-16H3. The summed E-state index contributed by atoms with van der Waals surface area (Å²) in [5.74, 6) is 2.56. The highest BCUT2D eigenvalue weighted by Gasteiger charge is 2.27. The van der Waals surface area contributed by atoms with Crippen LogP contribution >= 0.6 is 0 Å². The second-order valence-corrected chi connectivity index (χ2v) is 23.9. The number of allylic oxidation sites excluding steroid dienone is 2. The minimum Gasteiger partial charge on any atom is -0.0622 e. The van der Waals surface area contributed by atoms with Crippen molar-refractivity contribution >= 4 is 23.3 Å². The van der Waals surface area contributed by atoms with Gasteiger partial charge in [0.1, 0.15) is 0 Å². The average molecular weight is 1000 g/mol. The Morgan fingerprint density at radius 3 is 0.592 bits per heavy atom. The zero-order valence-corrected chi connectivity index (χ0v) is 48.9. The van der Waals surface area contributed by atoms with E-state index in [4.69, 9.17) is 0 Å². The third-order valence-electron chi connectivity index (χ3n) is 15.8. The summed E-state index contributed by atoms with van der Waals surface area (Å²) < 4.78 is 0. The molecule has 0 radical (unpaired) electrons. The van der Waals surface area contributed by atoms with Crippen molar-refractivity contribution in [2.75, 3.05) is 0 Å². The van der Waals surface area contributed by atoms with Gasteiger partial charge in [0.2, 0.25) is 0 Å². The fourth-order valence-electron chi connectivity index (χ4n) is 11.9. The van der Waals surface area contributed by atoms with E-state index in [2.05, 4.69) is 293 Å². The lowest BCUT2D eigenvalue weighted by atomic mass is 9.77. The van der Waals surface area contributed by atoms with Gasteiger partial charge < -0.3 is 0 Å². The quantitative estimate of drug-likeness (QED) is 0.0630. The van der Waals surface area contributed by atoms with Gasteiger partial charge in [0.15, 0.2) is 0 Å². The highest BCUT2D eigenvalue weighted by Crippen LogP contribution is 2.50. The van der Waals surface area contributed by atoms with Crippen LogP contribution in [-0.2, 0) is 0 Å². The molecule has 8 aromatic carbocycles. The van der Waals surface area contributed by atoms with E-state index in [-0.39, 0.29) is 0 Å². The molecule has 0 saturated carbocycles. The Morgan fingerprint density at radius 1 is 0.224 bits per heavy atom. The lowest BCUT2D eigenvalue weighted by molar-refractivity contribution is 0.836. The van der Waals surface area contributed by atoms with Crippen molar-refractivity contribution < 1.29 is 0 Å². The molecule has 0 heterocycles. The third-order valence-corrected chi connectivity index (χ3v) is 15.8. The molecule has 390 valence electrons. The summed E-state index contributed by atoms with van der Waals surface area (Å²) in [6, 6.07) is 65.0. The summed E-state index contributed by atoms with van der Waals surface area (Å²) in [4.78, 5) is 0. The zero-order valence-electron chi connectivity index (χ0n) is 48.9. The van der Waals surface area contributed by atoms with Crippen LogP contribution in [0.1, 0.15) is 225 Å². The maximum Gasteiger partial charge on any atom is -0.00926 e. The van der Waals surface area contributed by atoms with Crippen molar-refractivity contribution in [1.82, 2.24) is 0 Å². The summed E-state index contributed by atoms with van der Waals surface area (Å²) in [7, 11) is 0. The Kier molecular flexibility index (Phi) is 17.6. The van der Waals surface area contributed by atoms with Gasteiger partial charge in [-0.25, -0.2) is 0 Å². The minimum absolute atomic E-state index is 0.320. The molecule has 8 aromatic rings. The fraction of sp³-hybridized carbons (Fsp3) is 0.316. The molecule has 0 nitrogen and oxygen atoms in total. The van der Waals surface area contributed by atoms with E-state index in [1.807, 2.05) is 0 Å². The van der Waals surface area contributed by atoms with E-state index in [9.17, 15) is 0 Å². The third kappa shape index (κ3) is 11.3. The van der Waals surface area contributed by atoms with Crippen molar-refractivity contribution in [2.24, 2.45) is 0 Å². The molecule has 76 heavy (non-hydrogen) atoms. The monoisotopic (exact) mass is 999 g/mol. The lowest BCUT2D eigenvalue weighted by Crippen LogP contribution is -2.05. The van der Waals surface area contributed by atoms with Crippen molar-refractivity contribution in [3.05, 3.63) is 237 Å². The minimum atomic E-state index is 0.320. The molecule has 8 rings (SSSR count). The normalized spacial score (nSPS) is 12.5. The zero-order chi connectivity index (χ0) is 54.5. The second kappa shape index (κ2) is 24.1. The van der Waals surface area contributed by atoms with Gasteiger partial charge in [-0.2, -0.15) is 0 Å². The van der Waals surface area contributed by atoms with E-state index in [1.165, 1.54) is 122 Å². The highest BCUT2D eigenvalue weighted by molar-refractivity contribution is 6.18. The number of benzene rings is 8. The van der Waals surface area contributed by atoms with Crippen LogP contribution in [-0.4, -0.2) is 0 Å². The Balaban J connectivity index is 1.65. The molecular weight excluding hydrogens is 913 g/mol. The first-order valence-electron chi connectivity index (χ1n) is 28.7.